The molecule has 0 spiro atoms. The van der Waals surface area contributed by atoms with Gasteiger partial charge in [-0.15, -0.1) is 23.1 Å². The van der Waals surface area contributed by atoms with Gasteiger partial charge in [-0.2, -0.15) is 0 Å². The third kappa shape index (κ3) is 5.04. The van der Waals surface area contributed by atoms with Crippen molar-refractivity contribution in [1.29, 1.82) is 0 Å². The van der Waals surface area contributed by atoms with Crippen molar-refractivity contribution in [2.75, 3.05) is 16.8 Å². The maximum absolute atomic E-state index is 12.6. The summed E-state index contributed by atoms with van der Waals surface area (Å²) in [5, 5.41) is 4.96. The molecule has 0 fully saturated rings. The lowest BCUT2D eigenvalue weighted by atomic mass is 9.98. The van der Waals surface area contributed by atoms with Gasteiger partial charge in [-0.05, 0) is 41.7 Å². The molecule has 6 rings (SSSR count). The Labute approximate surface area is 234 Å². The monoisotopic (exact) mass is 554 g/mol. The van der Waals surface area contributed by atoms with Crippen LogP contribution in [0.3, 0.4) is 0 Å². The summed E-state index contributed by atoms with van der Waals surface area (Å²) in [6, 6.07) is 29.1. The number of anilines is 2. The fourth-order valence-corrected chi connectivity index (χ4v) is 8.50. The van der Waals surface area contributed by atoms with E-state index < -0.39 is 0 Å². The van der Waals surface area contributed by atoms with E-state index in [0.717, 1.165) is 27.9 Å². The number of nitrogens with zero attached hydrogens (tertiary/aromatic N) is 2. The first-order valence-corrected chi connectivity index (χ1v) is 15.1. The lowest BCUT2D eigenvalue weighted by molar-refractivity contribution is -0.113. The summed E-state index contributed by atoms with van der Waals surface area (Å²) in [7, 11) is 0. The average Bonchev–Trinajstić information content (AvgIpc) is 3.32. The first-order valence-electron chi connectivity index (χ1n) is 12.4. The Morgan fingerprint density at radius 3 is 2.39 bits per heavy atom. The molecule has 1 aliphatic heterocycles. The number of aryl methyl sites for hydroxylation is 1. The Morgan fingerprint density at radius 1 is 0.974 bits per heavy atom. The fraction of sp³-hybridized carbons (Fsp3) is 0.167. The lowest BCUT2D eigenvalue weighted by Gasteiger charge is -2.30. The van der Waals surface area contributed by atoms with E-state index in [1.54, 1.807) is 11.3 Å². The third-order valence-electron chi connectivity index (χ3n) is 6.64. The summed E-state index contributed by atoms with van der Waals surface area (Å²) in [6.45, 7) is 1.97. The highest BCUT2D eigenvalue weighted by molar-refractivity contribution is 8.00. The van der Waals surface area contributed by atoms with E-state index in [0.29, 0.717) is 16.2 Å². The Balaban J connectivity index is 1.31. The predicted molar refractivity (Wildman–Crippen MR) is 161 cm³/mol. The van der Waals surface area contributed by atoms with Crippen molar-refractivity contribution in [3.8, 4) is 0 Å². The van der Waals surface area contributed by atoms with Gasteiger partial charge in [-0.3, -0.25) is 4.79 Å². The molecule has 1 amide bonds. The minimum Gasteiger partial charge on any atom is -0.383 e. The van der Waals surface area contributed by atoms with Gasteiger partial charge in [0.05, 0.1) is 16.4 Å². The van der Waals surface area contributed by atoms with Crippen LogP contribution in [-0.4, -0.2) is 21.6 Å². The third-order valence-corrected chi connectivity index (χ3v) is 10.4. The van der Waals surface area contributed by atoms with Crippen molar-refractivity contribution in [3.63, 3.8) is 0 Å². The van der Waals surface area contributed by atoms with Gasteiger partial charge < -0.3 is 11.1 Å². The Bertz CT molecular complexity index is 1600. The van der Waals surface area contributed by atoms with Crippen molar-refractivity contribution in [1.82, 2.24) is 9.97 Å². The second kappa shape index (κ2) is 10.8. The van der Waals surface area contributed by atoms with Crippen LogP contribution in [0.1, 0.15) is 37.6 Å². The number of hydrogen-bond donors (Lipinski definition) is 2. The summed E-state index contributed by atoms with van der Waals surface area (Å²) < 4.78 is 0. The minimum atomic E-state index is -0.0942. The minimum absolute atomic E-state index is 0.0942. The van der Waals surface area contributed by atoms with Crippen LogP contribution < -0.4 is 11.1 Å². The molecule has 2 atom stereocenters. The van der Waals surface area contributed by atoms with E-state index in [4.69, 9.17) is 10.7 Å². The van der Waals surface area contributed by atoms with Crippen molar-refractivity contribution in [2.24, 2.45) is 0 Å². The lowest BCUT2D eigenvalue weighted by Crippen LogP contribution is -2.15. The molecule has 0 bridgehead atoms. The number of carbonyl (C=O) groups excluding carboxylic acids is 1. The molecule has 5 aromatic rings. The van der Waals surface area contributed by atoms with Crippen LogP contribution in [0.25, 0.3) is 10.2 Å². The molecule has 0 radical (unpaired) electrons. The van der Waals surface area contributed by atoms with E-state index in [-0.39, 0.29) is 16.9 Å². The fourth-order valence-electron chi connectivity index (χ4n) is 4.77. The number of thiophene rings is 1. The molecule has 0 saturated carbocycles. The molecular weight excluding hydrogens is 529 g/mol. The van der Waals surface area contributed by atoms with Gasteiger partial charge in [-0.1, -0.05) is 90.6 Å². The highest BCUT2D eigenvalue weighted by atomic mass is 32.2. The van der Waals surface area contributed by atoms with E-state index in [2.05, 4.69) is 71.0 Å². The molecule has 38 heavy (non-hydrogen) atoms. The number of hydrogen-bond acceptors (Lipinski definition) is 7. The smallest absolute Gasteiger partial charge is 0.234 e. The second-order valence-electron chi connectivity index (χ2n) is 9.20. The number of thioether (sulfide) groups is 2. The number of carbonyl (C=O) groups is 1. The predicted octanol–water partition coefficient (Wildman–Crippen LogP) is 7.43. The number of amides is 1. The first-order chi connectivity index (χ1) is 18.6. The molecule has 190 valence electrons. The van der Waals surface area contributed by atoms with Gasteiger partial charge in [0, 0.05) is 15.8 Å². The standard InChI is InChI=1S/C30H26N4OS3/c1-18-10-8-9-15-22(18)32-24(35)17-36-30-33-28(31)25-21-16-23(19-11-4-2-5-12-19)37-26(20-13-6-3-7-14-20)27(21)38-29(25)34-30/h2-15,23,26H,16-17H2,1H3,(H,32,35)(H2,31,33,34)/t23-,26-/m0/s1. The number of nitrogens with two attached hydrogens (primary N) is 1. The van der Waals surface area contributed by atoms with Gasteiger partial charge >= 0.3 is 0 Å². The zero-order valence-electron chi connectivity index (χ0n) is 20.8. The van der Waals surface area contributed by atoms with E-state index in [1.807, 2.05) is 43.0 Å². The molecule has 8 heteroatoms. The van der Waals surface area contributed by atoms with Crippen molar-refractivity contribution in [3.05, 3.63) is 112 Å². The first kappa shape index (κ1) is 25.0. The van der Waals surface area contributed by atoms with Crippen molar-refractivity contribution in [2.45, 2.75) is 29.0 Å². The molecule has 0 saturated heterocycles. The topological polar surface area (TPSA) is 80.9 Å². The van der Waals surface area contributed by atoms with Crippen LogP contribution in [0.2, 0.25) is 0 Å². The van der Waals surface area contributed by atoms with Gasteiger partial charge in [0.2, 0.25) is 5.91 Å². The summed E-state index contributed by atoms with van der Waals surface area (Å²) >= 11 is 5.00. The second-order valence-corrected chi connectivity index (χ2v) is 12.5. The zero-order chi connectivity index (χ0) is 26.1. The Morgan fingerprint density at radius 2 is 1.66 bits per heavy atom. The maximum atomic E-state index is 12.6. The number of nitrogen functional groups attached to an aromatic ring is 1. The number of aromatic nitrogens is 2. The van der Waals surface area contributed by atoms with Crippen LogP contribution >= 0.6 is 34.9 Å². The van der Waals surface area contributed by atoms with Crippen LogP contribution in [0.4, 0.5) is 11.5 Å². The SMILES string of the molecule is Cc1ccccc1NC(=O)CSc1nc(N)c2c3c(sc2n1)[C@H](c1ccccc1)S[C@H](c1ccccc1)C3. The number of fused-ring (bicyclic) bond motifs is 3. The highest BCUT2D eigenvalue weighted by Crippen LogP contribution is 2.55. The molecule has 0 aliphatic carbocycles. The van der Waals surface area contributed by atoms with E-state index >= 15 is 0 Å². The number of nitrogens with one attached hydrogen (secondary N) is 1. The number of benzene rings is 3. The summed E-state index contributed by atoms with van der Waals surface area (Å²) in [6.07, 6.45) is 0.881. The molecule has 3 heterocycles. The maximum Gasteiger partial charge on any atom is 0.234 e. The van der Waals surface area contributed by atoms with Crippen molar-refractivity contribution >= 4 is 62.5 Å². The van der Waals surface area contributed by atoms with Crippen molar-refractivity contribution < 1.29 is 4.79 Å². The van der Waals surface area contributed by atoms with Crippen LogP contribution in [0.5, 0.6) is 0 Å². The average molecular weight is 555 g/mol. The molecule has 1 aliphatic rings. The van der Waals surface area contributed by atoms with Gasteiger partial charge in [0.15, 0.2) is 5.16 Å². The normalized spacial score (nSPS) is 16.8. The van der Waals surface area contributed by atoms with E-state index in [9.17, 15) is 4.79 Å². The van der Waals surface area contributed by atoms with E-state index in [1.165, 1.54) is 33.3 Å². The van der Waals surface area contributed by atoms with Crippen LogP contribution in [0, 0.1) is 6.92 Å². The Hall–Kier alpha value is -3.33. The molecule has 0 unspecified atom stereocenters. The summed E-state index contributed by atoms with van der Waals surface area (Å²) in [4.78, 5) is 24.3. The molecule has 3 N–H and O–H groups in total. The number of para-hydroxylation sites is 1. The highest BCUT2D eigenvalue weighted by Gasteiger charge is 2.34. The van der Waals surface area contributed by atoms with Crippen LogP contribution in [0.15, 0.2) is 90.1 Å². The summed E-state index contributed by atoms with van der Waals surface area (Å²) in [5.74, 6) is 0.603. The molecule has 3 aromatic carbocycles. The number of rotatable bonds is 6. The largest absolute Gasteiger partial charge is 0.383 e. The van der Waals surface area contributed by atoms with Gasteiger partial charge in [0.25, 0.3) is 0 Å². The Kier molecular flexibility index (Phi) is 7.10. The van der Waals surface area contributed by atoms with Gasteiger partial charge in [0.1, 0.15) is 10.6 Å². The molecule has 2 aromatic heterocycles. The molecular formula is C30H26N4OS3. The van der Waals surface area contributed by atoms with Crippen LogP contribution in [-0.2, 0) is 11.2 Å². The summed E-state index contributed by atoms with van der Waals surface area (Å²) in [5.41, 5.74) is 12.3. The van der Waals surface area contributed by atoms with Gasteiger partial charge in [-0.25, -0.2) is 9.97 Å². The zero-order valence-corrected chi connectivity index (χ0v) is 23.2. The quantitative estimate of drug-likeness (QED) is 0.168. The molecule has 5 nitrogen and oxygen atoms in total.